The number of rotatable bonds is 4. The second kappa shape index (κ2) is 6.41. The molecule has 1 atom stereocenters. The van der Waals surface area contributed by atoms with Gasteiger partial charge in [-0.2, -0.15) is 0 Å². The fourth-order valence-electron chi connectivity index (χ4n) is 1.63. The highest BCUT2D eigenvalue weighted by Crippen LogP contribution is 2.23. The van der Waals surface area contributed by atoms with E-state index in [9.17, 15) is 9.90 Å². The fourth-order valence-corrected chi connectivity index (χ4v) is 2.00. The summed E-state index contributed by atoms with van der Waals surface area (Å²) in [6, 6.07) is 4.75. The van der Waals surface area contributed by atoms with Gasteiger partial charge in [0.1, 0.15) is 0 Å². The summed E-state index contributed by atoms with van der Waals surface area (Å²) in [6.45, 7) is 5.68. The summed E-state index contributed by atoms with van der Waals surface area (Å²) in [7, 11) is 0. The Balaban J connectivity index is 3.05. The minimum Gasteiger partial charge on any atom is -0.392 e. The molecule has 5 heteroatoms. The highest BCUT2D eigenvalue weighted by Gasteiger charge is 2.22. The number of carbonyl (C=O) groups is 1. The first-order valence-electron chi connectivity index (χ1n) is 5.77. The molecule has 0 fully saturated rings. The predicted octanol–water partition coefficient (Wildman–Crippen LogP) is 3.22. The Labute approximate surface area is 117 Å². The summed E-state index contributed by atoms with van der Waals surface area (Å²) in [4.78, 5) is 13.9. The topological polar surface area (TPSA) is 40.5 Å². The van der Waals surface area contributed by atoms with Gasteiger partial charge in [-0.3, -0.25) is 4.79 Å². The maximum atomic E-state index is 12.4. The SMILES string of the molecule is CC(O)CN(C(=O)c1cc(Cl)ccc1Cl)C(C)C. The number of benzene rings is 1. The van der Waals surface area contributed by atoms with Crippen LogP contribution in [0.4, 0.5) is 0 Å². The van der Waals surface area contributed by atoms with Crippen LogP contribution in [0.3, 0.4) is 0 Å². The number of aliphatic hydroxyl groups excluding tert-OH is 1. The molecule has 0 aliphatic heterocycles. The van der Waals surface area contributed by atoms with Crippen LogP contribution < -0.4 is 0 Å². The summed E-state index contributed by atoms with van der Waals surface area (Å²) in [5.41, 5.74) is 0.360. The molecule has 0 heterocycles. The Hall–Kier alpha value is -0.770. The van der Waals surface area contributed by atoms with Crippen LogP contribution in [0.15, 0.2) is 18.2 Å². The van der Waals surface area contributed by atoms with Gasteiger partial charge in [-0.15, -0.1) is 0 Å². The monoisotopic (exact) mass is 289 g/mol. The number of halogens is 2. The molecule has 0 aliphatic rings. The van der Waals surface area contributed by atoms with E-state index >= 15 is 0 Å². The lowest BCUT2D eigenvalue weighted by atomic mass is 10.1. The smallest absolute Gasteiger partial charge is 0.255 e. The second-order valence-corrected chi connectivity index (χ2v) is 5.37. The van der Waals surface area contributed by atoms with Crippen LogP contribution in [0, 0.1) is 0 Å². The molecule has 1 amide bonds. The number of hydrogen-bond donors (Lipinski definition) is 1. The Morgan fingerprint density at radius 1 is 1.33 bits per heavy atom. The summed E-state index contributed by atoms with van der Waals surface area (Å²) < 4.78 is 0. The van der Waals surface area contributed by atoms with Crippen molar-refractivity contribution in [1.82, 2.24) is 4.90 Å². The maximum Gasteiger partial charge on any atom is 0.255 e. The van der Waals surface area contributed by atoms with Crippen molar-refractivity contribution < 1.29 is 9.90 Å². The molecule has 0 saturated carbocycles. The summed E-state index contributed by atoms with van der Waals surface area (Å²) in [5.74, 6) is -0.224. The molecule has 1 aromatic carbocycles. The maximum absolute atomic E-state index is 12.4. The molecule has 0 spiro atoms. The van der Waals surface area contributed by atoms with Crippen LogP contribution in [0.25, 0.3) is 0 Å². The standard InChI is InChI=1S/C13H17Cl2NO2/c1-8(2)16(7-9(3)17)13(18)11-6-10(14)4-5-12(11)15/h4-6,8-9,17H,7H2,1-3H3. The molecular formula is C13H17Cl2NO2. The quantitative estimate of drug-likeness (QED) is 0.925. The lowest BCUT2D eigenvalue weighted by Crippen LogP contribution is -2.41. The van der Waals surface area contributed by atoms with Gasteiger partial charge in [0.2, 0.25) is 0 Å². The van der Waals surface area contributed by atoms with Crippen molar-refractivity contribution in [2.45, 2.75) is 32.9 Å². The number of nitrogens with zero attached hydrogens (tertiary/aromatic N) is 1. The molecule has 0 radical (unpaired) electrons. The van der Waals surface area contributed by atoms with Gasteiger partial charge >= 0.3 is 0 Å². The molecule has 100 valence electrons. The molecule has 1 unspecified atom stereocenters. The van der Waals surface area contributed by atoms with Gasteiger partial charge in [-0.05, 0) is 39.0 Å². The van der Waals surface area contributed by atoms with Gasteiger partial charge in [-0.1, -0.05) is 23.2 Å². The van der Waals surface area contributed by atoms with Crippen molar-refractivity contribution in [2.75, 3.05) is 6.54 Å². The van der Waals surface area contributed by atoms with Crippen molar-refractivity contribution >= 4 is 29.1 Å². The van der Waals surface area contributed by atoms with Crippen molar-refractivity contribution in [1.29, 1.82) is 0 Å². The lowest BCUT2D eigenvalue weighted by Gasteiger charge is -2.28. The minimum absolute atomic E-state index is 0.0258. The van der Waals surface area contributed by atoms with E-state index in [0.717, 1.165) is 0 Å². The lowest BCUT2D eigenvalue weighted by molar-refractivity contribution is 0.0579. The molecule has 1 rings (SSSR count). The van der Waals surface area contributed by atoms with Gasteiger partial charge in [0, 0.05) is 17.6 Å². The van der Waals surface area contributed by atoms with Crippen LogP contribution >= 0.6 is 23.2 Å². The van der Waals surface area contributed by atoms with E-state index in [-0.39, 0.29) is 18.5 Å². The largest absolute Gasteiger partial charge is 0.392 e. The molecule has 0 bridgehead atoms. The van der Waals surface area contributed by atoms with E-state index in [1.54, 1.807) is 30.0 Å². The number of amides is 1. The van der Waals surface area contributed by atoms with Crippen LogP contribution in [0.2, 0.25) is 10.0 Å². The van der Waals surface area contributed by atoms with Crippen molar-refractivity contribution in [3.63, 3.8) is 0 Å². The molecule has 0 aromatic heterocycles. The van der Waals surface area contributed by atoms with E-state index in [4.69, 9.17) is 23.2 Å². The first-order valence-corrected chi connectivity index (χ1v) is 6.52. The van der Waals surface area contributed by atoms with Crippen molar-refractivity contribution in [3.8, 4) is 0 Å². The third kappa shape index (κ3) is 3.87. The summed E-state index contributed by atoms with van der Waals surface area (Å²) in [6.07, 6.45) is -0.589. The summed E-state index contributed by atoms with van der Waals surface area (Å²) >= 11 is 11.9. The Kier molecular flexibility index (Phi) is 5.45. The highest BCUT2D eigenvalue weighted by molar-refractivity contribution is 6.35. The first-order chi connectivity index (χ1) is 8.32. The number of hydrogen-bond acceptors (Lipinski definition) is 2. The second-order valence-electron chi connectivity index (χ2n) is 4.52. The van der Waals surface area contributed by atoms with Crippen LogP contribution in [0.1, 0.15) is 31.1 Å². The predicted molar refractivity (Wildman–Crippen MR) is 74.3 cm³/mol. The number of aliphatic hydroxyl groups is 1. The third-order valence-electron chi connectivity index (χ3n) is 2.50. The zero-order valence-corrected chi connectivity index (χ0v) is 12.2. The molecular weight excluding hydrogens is 273 g/mol. The zero-order valence-electron chi connectivity index (χ0n) is 10.7. The number of carbonyl (C=O) groups excluding carboxylic acids is 1. The van der Waals surface area contributed by atoms with E-state index in [2.05, 4.69) is 0 Å². The van der Waals surface area contributed by atoms with Gasteiger partial charge in [0.25, 0.3) is 5.91 Å². The van der Waals surface area contributed by atoms with Crippen LogP contribution in [-0.4, -0.2) is 34.6 Å². The van der Waals surface area contributed by atoms with Gasteiger partial charge in [-0.25, -0.2) is 0 Å². The van der Waals surface area contributed by atoms with E-state index in [1.165, 1.54) is 0 Å². The average molecular weight is 290 g/mol. The van der Waals surface area contributed by atoms with E-state index < -0.39 is 6.10 Å². The van der Waals surface area contributed by atoms with Gasteiger partial charge < -0.3 is 10.0 Å². The summed E-state index contributed by atoms with van der Waals surface area (Å²) in [5, 5.41) is 10.3. The minimum atomic E-state index is -0.589. The van der Waals surface area contributed by atoms with Crippen molar-refractivity contribution in [3.05, 3.63) is 33.8 Å². The molecule has 0 aliphatic carbocycles. The first kappa shape index (κ1) is 15.3. The van der Waals surface area contributed by atoms with Crippen molar-refractivity contribution in [2.24, 2.45) is 0 Å². The Bertz CT molecular complexity index is 433. The third-order valence-corrected chi connectivity index (χ3v) is 3.07. The fraction of sp³-hybridized carbons (Fsp3) is 0.462. The molecule has 1 aromatic rings. The molecule has 18 heavy (non-hydrogen) atoms. The highest BCUT2D eigenvalue weighted by atomic mass is 35.5. The van der Waals surface area contributed by atoms with Gasteiger partial charge in [0.05, 0.1) is 16.7 Å². The van der Waals surface area contributed by atoms with Gasteiger partial charge in [0.15, 0.2) is 0 Å². The Morgan fingerprint density at radius 3 is 2.44 bits per heavy atom. The van der Waals surface area contributed by atoms with Crippen LogP contribution in [-0.2, 0) is 0 Å². The van der Waals surface area contributed by atoms with E-state index in [0.29, 0.717) is 15.6 Å². The molecule has 1 N–H and O–H groups in total. The normalized spacial score (nSPS) is 12.6. The zero-order chi connectivity index (χ0) is 13.9. The molecule has 0 saturated heterocycles. The Morgan fingerprint density at radius 2 is 1.94 bits per heavy atom. The average Bonchev–Trinajstić information content (AvgIpc) is 2.27. The molecule has 3 nitrogen and oxygen atoms in total. The van der Waals surface area contributed by atoms with Crippen LogP contribution in [0.5, 0.6) is 0 Å². The van der Waals surface area contributed by atoms with E-state index in [1.807, 2.05) is 13.8 Å².